The van der Waals surface area contributed by atoms with Crippen molar-refractivity contribution in [3.05, 3.63) is 66.0 Å². The Morgan fingerprint density at radius 2 is 1.96 bits per heavy atom. The highest BCUT2D eigenvalue weighted by atomic mass is 32.2. The van der Waals surface area contributed by atoms with Crippen molar-refractivity contribution < 1.29 is 8.42 Å². The molecule has 0 radical (unpaired) electrons. The summed E-state index contributed by atoms with van der Waals surface area (Å²) in [6, 6.07) is 10.3. The summed E-state index contributed by atoms with van der Waals surface area (Å²) >= 11 is 0. The molecule has 0 saturated carbocycles. The zero-order chi connectivity index (χ0) is 19.2. The van der Waals surface area contributed by atoms with E-state index in [1.165, 1.54) is 17.4 Å². The van der Waals surface area contributed by atoms with Gasteiger partial charge in [-0.15, -0.1) is 6.58 Å². The summed E-state index contributed by atoms with van der Waals surface area (Å²) in [7, 11) is -3.36. The number of pyridine rings is 1. The fourth-order valence-corrected chi connectivity index (χ4v) is 5.32. The first kappa shape index (κ1) is 17.8. The first-order valence-electron chi connectivity index (χ1n) is 9.02. The van der Waals surface area contributed by atoms with Crippen LogP contribution >= 0.6 is 0 Å². The van der Waals surface area contributed by atoms with Gasteiger partial charge in [0.1, 0.15) is 0 Å². The van der Waals surface area contributed by atoms with Gasteiger partial charge in [0.25, 0.3) is 0 Å². The van der Waals surface area contributed by atoms with E-state index in [4.69, 9.17) is 0 Å². The summed E-state index contributed by atoms with van der Waals surface area (Å²) in [5.74, 6) is 0.835. The molecule has 3 aromatic rings. The van der Waals surface area contributed by atoms with E-state index >= 15 is 0 Å². The van der Waals surface area contributed by atoms with E-state index in [-0.39, 0.29) is 0 Å². The van der Waals surface area contributed by atoms with Crippen LogP contribution in [0.3, 0.4) is 0 Å². The second-order valence-electron chi connectivity index (χ2n) is 7.06. The number of sulfone groups is 1. The van der Waals surface area contributed by atoms with Crippen LogP contribution in [0.25, 0.3) is 10.9 Å². The van der Waals surface area contributed by atoms with E-state index in [9.17, 15) is 8.42 Å². The standard InChI is InChI=1S/C21H23N3O2S/c1-4-12-24-15(2)20(27(3,25)26)18-9-11-22-21(19(18)24)23-13-10-16-7-5-6-8-17(16)14-23/h4-9,11H,1,10,12-14H2,2-3H3. The van der Waals surface area contributed by atoms with E-state index in [0.717, 1.165) is 41.9 Å². The lowest BCUT2D eigenvalue weighted by atomic mass is 10.00. The van der Waals surface area contributed by atoms with Crippen LogP contribution in [-0.4, -0.2) is 30.8 Å². The van der Waals surface area contributed by atoms with Gasteiger partial charge in [-0.2, -0.15) is 0 Å². The third-order valence-electron chi connectivity index (χ3n) is 5.27. The van der Waals surface area contributed by atoms with Gasteiger partial charge < -0.3 is 9.47 Å². The number of anilines is 1. The molecule has 0 unspecified atom stereocenters. The van der Waals surface area contributed by atoms with E-state index in [2.05, 4.69) is 40.7 Å². The largest absolute Gasteiger partial charge is 0.350 e. The number of allylic oxidation sites excluding steroid dienone is 1. The van der Waals surface area contributed by atoms with Crippen molar-refractivity contribution in [2.75, 3.05) is 17.7 Å². The first-order chi connectivity index (χ1) is 12.9. The molecule has 27 heavy (non-hydrogen) atoms. The van der Waals surface area contributed by atoms with Gasteiger partial charge >= 0.3 is 0 Å². The number of benzene rings is 1. The molecular formula is C21H23N3O2S. The highest BCUT2D eigenvalue weighted by Crippen LogP contribution is 2.36. The molecule has 4 rings (SSSR count). The molecule has 0 N–H and O–H groups in total. The lowest BCUT2D eigenvalue weighted by Crippen LogP contribution is -2.31. The monoisotopic (exact) mass is 381 g/mol. The van der Waals surface area contributed by atoms with E-state index < -0.39 is 9.84 Å². The van der Waals surface area contributed by atoms with E-state index in [1.807, 2.05) is 11.5 Å². The Morgan fingerprint density at radius 1 is 1.22 bits per heavy atom. The highest BCUT2D eigenvalue weighted by Gasteiger charge is 2.26. The number of hydrogen-bond donors (Lipinski definition) is 0. The molecule has 1 aliphatic heterocycles. The van der Waals surface area contributed by atoms with Crippen molar-refractivity contribution in [3.8, 4) is 0 Å². The van der Waals surface area contributed by atoms with Gasteiger partial charge in [0.15, 0.2) is 15.7 Å². The quantitative estimate of drug-likeness (QED) is 0.649. The van der Waals surface area contributed by atoms with Crippen LogP contribution in [0.15, 0.2) is 54.1 Å². The molecule has 0 fully saturated rings. The summed E-state index contributed by atoms with van der Waals surface area (Å²) in [6.07, 6.45) is 5.73. The maximum Gasteiger partial charge on any atom is 0.177 e. The van der Waals surface area contributed by atoms with Gasteiger partial charge in [-0.1, -0.05) is 30.3 Å². The molecule has 1 aliphatic rings. The van der Waals surface area contributed by atoms with Gasteiger partial charge in [-0.3, -0.25) is 0 Å². The van der Waals surface area contributed by atoms with Crippen LogP contribution in [0.4, 0.5) is 5.82 Å². The average molecular weight is 382 g/mol. The molecule has 5 nitrogen and oxygen atoms in total. The minimum atomic E-state index is -3.36. The summed E-state index contributed by atoms with van der Waals surface area (Å²) in [5, 5.41) is 0.737. The zero-order valence-electron chi connectivity index (χ0n) is 15.6. The van der Waals surface area contributed by atoms with E-state index in [0.29, 0.717) is 11.4 Å². The first-order valence-corrected chi connectivity index (χ1v) is 10.9. The fraction of sp³-hybridized carbons (Fsp3) is 0.286. The third kappa shape index (κ3) is 2.94. The summed E-state index contributed by atoms with van der Waals surface area (Å²) in [5.41, 5.74) is 4.27. The normalized spacial score (nSPS) is 14.4. The van der Waals surface area contributed by atoms with E-state index in [1.54, 1.807) is 18.3 Å². The van der Waals surface area contributed by atoms with Crippen LogP contribution in [0.2, 0.25) is 0 Å². The topological polar surface area (TPSA) is 55.2 Å². The Hall–Kier alpha value is -2.60. The van der Waals surface area contributed by atoms with Crippen LogP contribution in [-0.2, 0) is 29.3 Å². The Labute approximate surface area is 159 Å². The Balaban J connectivity index is 1.94. The zero-order valence-corrected chi connectivity index (χ0v) is 16.5. The Morgan fingerprint density at radius 3 is 2.67 bits per heavy atom. The molecule has 3 heterocycles. The van der Waals surface area contributed by atoms with Crippen LogP contribution < -0.4 is 4.90 Å². The number of hydrogen-bond acceptors (Lipinski definition) is 4. The van der Waals surface area contributed by atoms with Gasteiger partial charge in [0, 0.05) is 43.2 Å². The summed E-state index contributed by atoms with van der Waals surface area (Å²) in [4.78, 5) is 7.29. The molecule has 0 bridgehead atoms. The van der Waals surface area contributed by atoms with Gasteiger partial charge in [-0.25, -0.2) is 13.4 Å². The molecule has 140 valence electrons. The predicted octanol–water partition coefficient (Wildman–Crippen LogP) is 3.50. The minimum Gasteiger partial charge on any atom is -0.350 e. The Bertz CT molecular complexity index is 1150. The molecule has 0 amide bonds. The molecule has 0 aliphatic carbocycles. The second-order valence-corrected chi connectivity index (χ2v) is 9.01. The van der Waals surface area contributed by atoms with Crippen molar-refractivity contribution in [2.45, 2.75) is 31.3 Å². The van der Waals surface area contributed by atoms with Crippen molar-refractivity contribution in [1.82, 2.24) is 9.55 Å². The molecule has 0 spiro atoms. The van der Waals surface area contributed by atoms with Crippen molar-refractivity contribution in [1.29, 1.82) is 0 Å². The van der Waals surface area contributed by atoms with Crippen LogP contribution in [0.1, 0.15) is 16.8 Å². The maximum atomic E-state index is 12.5. The molecule has 0 atom stereocenters. The number of nitrogens with zero attached hydrogens (tertiary/aromatic N) is 3. The number of aromatic nitrogens is 2. The fourth-order valence-electron chi connectivity index (χ4n) is 4.11. The second kappa shape index (κ2) is 6.53. The molecule has 6 heteroatoms. The van der Waals surface area contributed by atoms with Crippen molar-refractivity contribution in [3.63, 3.8) is 0 Å². The SMILES string of the molecule is C=CCn1c(C)c(S(C)(=O)=O)c2ccnc(N3CCc4ccccc4C3)c21. The summed E-state index contributed by atoms with van der Waals surface area (Å²) < 4.78 is 26.9. The molecule has 1 aromatic carbocycles. The third-order valence-corrected chi connectivity index (χ3v) is 6.52. The van der Waals surface area contributed by atoms with Crippen molar-refractivity contribution >= 4 is 26.6 Å². The highest BCUT2D eigenvalue weighted by molar-refractivity contribution is 7.91. The maximum absolute atomic E-state index is 12.5. The van der Waals surface area contributed by atoms with Crippen LogP contribution in [0.5, 0.6) is 0 Å². The van der Waals surface area contributed by atoms with Gasteiger partial charge in [-0.05, 0) is 30.5 Å². The number of fused-ring (bicyclic) bond motifs is 2. The smallest absolute Gasteiger partial charge is 0.177 e. The minimum absolute atomic E-state index is 0.389. The Kier molecular flexibility index (Phi) is 4.30. The van der Waals surface area contributed by atoms with Gasteiger partial charge in [0.05, 0.1) is 10.4 Å². The lowest BCUT2D eigenvalue weighted by Gasteiger charge is -2.30. The molecular weight excluding hydrogens is 358 g/mol. The molecule has 0 saturated heterocycles. The average Bonchev–Trinajstić information content (AvgIpc) is 2.93. The number of rotatable bonds is 4. The lowest BCUT2D eigenvalue weighted by molar-refractivity contribution is 0.601. The van der Waals surface area contributed by atoms with Gasteiger partial charge in [0.2, 0.25) is 0 Å². The van der Waals surface area contributed by atoms with Crippen LogP contribution in [0, 0.1) is 6.92 Å². The summed E-state index contributed by atoms with van der Waals surface area (Å²) in [6.45, 7) is 7.87. The molecule has 2 aromatic heterocycles. The van der Waals surface area contributed by atoms with Crippen molar-refractivity contribution in [2.24, 2.45) is 0 Å². The predicted molar refractivity (Wildman–Crippen MR) is 109 cm³/mol.